The first-order valence-electron chi connectivity index (χ1n) is 9.05. The van der Waals surface area contributed by atoms with Crippen molar-refractivity contribution in [3.63, 3.8) is 0 Å². The monoisotopic (exact) mass is 368 g/mol. The third-order valence-corrected chi connectivity index (χ3v) is 4.34. The van der Waals surface area contributed by atoms with Crippen molar-refractivity contribution < 1.29 is 0 Å². The lowest BCUT2D eigenvalue weighted by atomic mass is 10.1. The molecule has 2 aromatic carbocycles. The van der Waals surface area contributed by atoms with E-state index in [-0.39, 0.29) is 0 Å². The number of hydrogen-bond acceptors (Lipinski definition) is 3. The summed E-state index contributed by atoms with van der Waals surface area (Å²) >= 11 is 5.30. The SMILES string of the molecule is CCCN(CC)c1ccc(/C=N\NC(=S)Nc2ccc(C)cc2C)cc1. The van der Waals surface area contributed by atoms with Crippen LogP contribution in [0.25, 0.3) is 0 Å². The maximum absolute atomic E-state index is 5.30. The Labute approximate surface area is 162 Å². The lowest BCUT2D eigenvalue weighted by molar-refractivity contribution is 0.792. The van der Waals surface area contributed by atoms with Crippen LogP contribution < -0.4 is 15.6 Å². The molecule has 0 saturated carbocycles. The number of thiocarbonyl (C=S) groups is 1. The fourth-order valence-electron chi connectivity index (χ4n) is 2.78. The van der Waals surface area contributed by atoms with Gasteiger partial charge in [0, 0.05) is 24.5 Å². The molecule has 0 amide bonds. The van der Waals surface area contributed by atoms with Crippen molar-refractivity contribution in [2.75, 3.05) is 23.3 Å². The number of rotatable bonds is 7. The Morgan fingerprint density at radius 2 is 1.85 bits per heavy atom. The summed E-state index contributed by atoms with van der Waals surface area (Å²) in [4.78, 5) is 2.36. The molecule has 2 rings (SSSR count). The summed E-state index contributed by atoms with van der Waals surface area (Å²) < 4.78 is 0. The minimum atomic E-state index is 0.477. The summed E-state index contributed by atoms with van der Waals surface area (Å²) in [5.41, 5.74) is 8.52. The van der Waals surface area contributed by atoms with E-state index in [1.807, 2.05) is 6.07 Å². The van der Waals surface area contributed by atoms with Crippen molar-refractivity contribution in [2.45, 2.75) is 34.1 Å². The highest BCUT2D eigenvalue weighted by molar-refractivity contribution is 7.80. The molecular formula is C21H28N4S. The minimum Gasteiger partial charge on any atom is -0.372 e. The van der Waals surface area contributed by atoms with E-state index >= 15 is 0 Å². The van der Waals surface area contributed by atoms with Gasteiger partial charge in [-0.2, -0.15) is 5.10 Å². The molecule has 138 valence electrons. The van der Waals surface area contributed by atoms with E-state index < -0.39 is 0 Å². The largest absolute Gasteiger partial charge is 0.372 e. The Morgan fingerprint density at radius 3 is 2.46 bits per heavy atom. The molecule has 0 heterocycles. The second kappa shape index (κ2) is 9.92. The molecule has 0 atom stereocenters. The third-order valence-electron chi connectivity index (χ3n) is 4.14. The molecule has 0 aliphatic rings. The highest BCUT2D eigenvalue weighted by Crippen LogP contribution is 2.16. The van der Waals surface area contributed by atoms with Gasteiger partial charge < -0.3 is 10.2 Å². The Morgan fingerprint density at radius 1 is 1.12 bits per heavy atom. The second-order valence-corrected chi connectivity index (χ2v) is 6.72. The summed E-state index contributed by atoms with van der Waals surface area (Å²) in [5.74, 6) is 0. The van der Waals surface area contributed by atoms with Crippen LogP contribution in [0, 0.1) is 13.8 Å². The molecule has 0 aliphatic heterocycles. The van der Waals surface area contributed by atoms with Crippen LogP contribution in [0.1, 0.15) is 37.0 Å². The van der Waals surface area contributed by atoms with Crippen molar-refractivity contribution in [2.24, 2.45) is 5.10 Å². The molecule has 4 nitrogen and oxygen atoms in total. The first-order valence-corrected chi connectivity index (χ1v) is 9.46. The van der Waals surface area contributed by atoms with Crippen molar-refractivity contribution in [3.8, 4) is 0 Å². The molecule has 5 heteroatoms. The second-order valence-electron chi connectivity index (χ2n) is 6.31. The molecule has 2 aromatic rings. The van der Waals surface area contributed by atoms with Crippen LogP contribution in [0.15, 0.2) is 47.6 Å². The lowest BCUT2D eigenvalue weighted by Crippen LogP contribution is -2.24. The van der Waals surface area contributed by atoms with Crippen LogP contribution in [0.2, 0.25) is 0 Å². The number of nitrogens with zero attached hydrogens (tertiary/aromatic N) is 2. The van der Waals surface area contributed by atoms with Gasteiger partial charge in [-0.1, -0.05) is 36.8 Å². The Kier molecular flexibility index (Phi) is 7.60. The molecule has 0 saturated heterocycles. The van der Waals surface area contributed by atoms with Crippen LogP contribution in [0.4, 0.5) is 11.4 Å². The van der Waals surface area contributed by atoms with Gasteiger partial charge in [0.25, 0.3) is 0 Å². The number of hydrogen-bond donors (Lipinski definition) is 2. The zero-order chi connectivity index (χ0) is 18.9. The zero-order valence-corrected chi connectivity index (χ0v) is 16.9. The summed E-state index contributed by atoms with van der Waals surface area (Å²) in [5, 5.41) is 7.87. The molecule has 0 fully saturated rings. The maximum atomic E-state index is 5.30. The van der Waals surface area contributed by atoms with E-state index in [0.717, 1.165) is 36.3 Å². The van der Waals surface area contributed by atoms with Crippen molar-refractivity contribution in [1.82, 2.24) is 5.43 Å². The molecule has 0 spiro atoms. The molecular weight excluding hydrogens is 340 g/mol. The normalized spacial score (nSPS) is 10.8. The van der Waals surface area contributed by atoms with Gasteiger partial charge in [-0.05, 0) is 68.7 Å². The molecule has 2 N–H and O–H groups in total. The van der Waals surface area contributed by atoms with Gasteiger partial charge in [-0.15, -0.1) is 0 Å². The minimum absolute atomic E-state index is 0.477. The number of aryl methyl sites for hydroxylation is 2. The third kappa shape index (κ3) is 5.85. The first kappa shape index (κ1) is 19.9. The maximum Gasteiger partial charge on any atom is 0.191 e. The van der Waals surface area contributed by atoms with Crippen LogP contribution in [0.3, 0.4) is 0 Å². The molecule has 0 aliphatic carbocycles. The molecule has 0 radical (unpaired) electrons. The molecule has 26 heavy (non-hydrogen) atoms. The summed E-state index contributed by atoms with van der Waals surface area (Å²) in [6.45, 7) is 10.6. The number of nitrogens with one attached hydrogen (secondary N) is 2. The van der Waals surface area contributed by atoms with Crippen LogP contribution in [0.5, 0.6) is 0 Å². The Hall–Kier alpha value is -2.40. The Balaban J connectivity index is 1.90. The van der Waals surface area contributed by atoms with Gasteiger partial charge in [-0.25, -0.2) is 0 Å². The number of anilines is 2. The van der Waals surface area contributed by atoms with Crippen molar-refractivity contribution in [1.29, 1.82) is 0 Å². The van der Waals surface area contributed by atoms with Gasteiger partial charge in [0.1, 0.15) is 0 Å². The smallest absolute Gasteiger partial charge is 0.191 e. The topological polar surface area (TPSA) is 39.7 Å². The molecule has 0 unspecified atom stereocenters. The van der Waals surface area contributed by atoms with E-state index in [1.165, 1.54) is 11.3 Å². The van der Waals surface area contributed by atoms with Gasteiger partial charge >= 0.3 is 0 Å². The number of hydrazone groups is 1. The van der Waals surface area contributed by atoms with E-state index in [9.17, 15) is 0 Å². The first-order chi connectivity index (χ1) is 12.5. The lowest BCUT2D eigenvalue weighted by Gasteiger charge is -2.22. The highest BCUT2D eigenvalue weighted by atomic mass is 32.1. The standard InChI is InChI=1S/C21H28N4S/c1-5-13-25(6-2)19-10-8-18(9-11-19)15-22-24-21(26)23-20-12-7-16(3)14-17(20)4/h7-12,14-15H,5-6,13H2,1-4H3,(H2,23,24,26)/b22-15-. The predicted molar refractivity (Wildman–Crippen MR) is 117 cm³/mol. The van der Waals surface area contributed by atoms with Crippen molar-refractivity contribution >= 4 is 34.9 Å². The summed E-state index contributed by atoms with van der Waals surface area (Å²) in [6.07, 6.45) is 2.92. The van der Waals surface area contributed by atoms with Gasteiger partial charge in [0.2, 0.25) is 0 Å². The number of benzene rings is 2. The molecule has 0 aromatic heterocycles. The van der Waals surface area contributed by atoms with Crippen LogP contribution in [-0.4, -0.2) is 24.4 Å². The molecule has 0 bridgehead atoms. The van der Waals surface area contributed by atoms with Gasteiger partial charge in [0.15, 0.2) is 5.11 Å². The van der Waals surface area contributed by atoms with E-state index in [1.54, 1.807) is 6.21 Å². The quantitative estimate of drug-likeness (QED) is 0.416. The van der Waals surface area contributed by atoms with Crippen molar-refractivity contribution in [3.05, 3.63) is 59.2 Å². The highest BCUT2D eigenvalue weighted by Gasteiger charge is 2.02. The summed E-state index contributed by atoms with van der Waals surface area (Å²) in [7, 11) is 0. The fourth-order valence-corrected chi connectivity index (χ4v) is 2.94. The van der Waals surface area contributed by atoms with E-state index in [2.05, 4.69) is 84.8 Å². The van der Waals surface area contributed by atoms with Gasteiger partial charge in [0.05, 0.1) is 6.21 Å². The fraction of sp³-hybridized carbons (Fsp3) is 0.333. The average molecular weight is 369 g/mol. The zero-order valence-electron chi connectivity index (χ0n) is 16.0. The van der Waals surface area contributed by atoms with E-state index in [4.69, 9.17) is 12.2 Å². The van der Waals surface area contributed by atoms with Gasteiger partial charge in [-0.3, -0.25) is 5.43 Å². The van der Waals surface area contributed by atoms with E-state index in [0.29, 0.717) is 5.11 Å². The predicted octanol–water partition coefficient (Wildman–Crippen LogP) is 4.86. The Bertz CT molecular complexity index is 753. The van der Waals surface area contributed by atoms with Crippen LogP contribution in [-0.2, 0) is 0 Å². The van der Waals surface area contributed by atoms with Crippen LogP contribution >= 0.6 is 12.2 Å². The average Bonchev–Trinajstić information content (AvgIpc) is 2.63. The summed E-state index contributed by atoms with van der Waals surface area (Å²) in [6, 6.07) is 14.6.